The number of methoxy groups -OCH3 is 1. The van der Waals surface area contributed by atoms with Gasteiger partial charge in [-0.2, -0.15) is 0 Å². The normalized spacial score (nSPS) is 11.1. The Morgan fingerprint density at radius 1 is 1.04 bits per heavy atom. The Bertz CT molecular complexity index is 985. The van der Waals surface area contributed by atoms with Crippen LogP contribution in [0.15, 0.2) is 71.8 Å². The number of phenolic OH excluding ortho intramolecular Hbond substituents is 1. The van der Waals surface area contributed by atoms with Crippen LogP contribution in [-0.2, 0) is 15.6 Å². The molecule has 0 saturated heterocycles. The van der Waals surface area contributed by atoms with E-state index < -0.39 is 9.84 Å². The number of aromatic hydroxyl groups is 1. The summed E-state index contributed by atoms with van der Waals surface area (Å²) in [7, 11) is -2.01. The lowest BCUT2D eigenvalue weighted by molar-refractivity contribution is 0.414. The van der Waals surface area contributed by atoms with Gasteiger partial charge in [-0.3, -0.25) is 0 Å². The number of rotatable bonds is 6. The number of hydrogen-bond donors (Lipinski definition) is 2. The van der Waals surface area contributed by atoms with Crippen molar-refractivity contribution in [2.24, 2.45) is 0 Å². The van der Waals surface area contributed by atoms with Crippen molar-refractivity contribution < 1.29 is 18.3 Å². The van der Waals surface area contributed by atoms with Gasteiger partial charge in [-0.15, -0.1) is 0 Å². The Labute approximate surface area is 152 Å². The number of ether oxygens (including phenoxy) is 1. The third-order valence-corrected chi connectivity index (χ3v) is 5.47. The highest BCUT2D eigenvalue weighted by Gasteiger charge is 2.18. The third kappa shape index (κ3) is 4.12. The monoisotopic (exact) mass is 370 g/mol. The molecule has 0 aliphatic heterocycles. The fourth-order valence-corrected chi connectivity index (χ4v) is 3.78. The molecule has 0 radical (unpaired) electrons. The molecule has 0 aliphatic carbocycles. The number of nitrogens with one attached hydrogen (secondary N) is 1. The van der Waals surface area contributed by atoms with Crippen molar-refractivity contribution in [2.45, 2.75) is 10.6 Å². The average Bonchev–Trinajstić information content (AvgIpc) is 2.65. The van der Waals surface area contributed by atoms with Crippen LogP contribution in [0.3, 0.4) is 0 Å². The number of hydrogen-bond acceptors (Lipinski definition) is 6. The second kappa shape index (κ2) is 7.45. The SMILES string of the molecule is COc1ccc(S(=O)(=O)Cc2cccnc2Nc2ccc(O)cc2)cc1. The molecule has 0 aliphatic rings. The topological polar surface area (TPSA) is 88.5 Å². The summed E-state index contributed by atoms with van der Waals surface area (Å²) in [6, 6.07) is 16.2. The molecule has 0 unspecified atom stereocenters. The van der Waals surface area contributed by atoms with Gasteiger partial charge in [0.25, 0.3) is 0 Å². The molecule has 0 atom stereocenters. The van der Waals surface area contributed by atoms with Crippen LogP contribution in [-0.4, -0.2) is 25.6 Å². The maximum atomic E-state index is 12.7. The Kier molecular flexibility index (Phi) is 5.09. The Morgan fingerprint density at radius 3 is 2.38 bits per heavy atom. The largest absolute Gasteiger partial charge is 0.508 e. The number of aromatic nitrogens is 1. The molecule has 0 amide bonds. The fraction of sp³-hybridized carbons (Fsp3) is 0.105. The van der Waals surface area contributed by atoms with E-state index >= 15 is 0 Å². The zero-order valence-corrected chi connectivity index (χ0v) is 14.9. The zero-order valence-electron chi connectivity index (χ0n) is 14.1. The number of phenols is 1. The van der Waals surface area contributed by atoms with Crippen LogP contribution < -0.4 is 10.1 Å². The molecule has 134 valence electrons. The zero-order chi connectivity index (χ0) is 18.6. The van der Waals surface area contributed by atoms with Crippen LogP contribution in [0.4, 0.5) is 11.5 Å². The second-order valence-electron chi connectivity index (χ2n) is 5.62. The first-order valence-corrected chi connectivity index (χ1v) is 9.50. The minimum Gasteiger partial charge on any atom is -0.508 e. The highest BCUT2D eigenvalue weighted by atomic mass is 32.2. The Balaban J connectivity index is 1.86. The van der Waals surface area contributed by atoms with Crippen molar-refractivity contribution in [3.63, 3.8) is 0 Å². The summed E-state index contributed by atoms with van der Waals surface area (Å²) in [6.07, 6.45) is 1.59. The summed E-state index contributed by atoms with van der Waals surface area (Å²) in [5, 5.41) is 12.4. The highest BCUT2D eigenvalue weighted by molar-refractivity contribution is 7.90. The van der Waals surface area contributed by atoms with E-state index in [0.717, 1.165) is 0 Å². The van der Waals surface area contributed by atoms with E-state index in [1.807, 2.05) is 0 Å². The summed E-state index contributed by atoms with van der Waals surface area (Å²) in [6.45, 7) is 0. The van der Waals surface area contributed by atoms with Gasteiger partial charge in [0.2, 0.25) is 0 Å². The molecular weight excluding hydrogens is 352 g/mol. The van der Waals surface area contributed by atoms with Crippen LogP contribution in [0.5, 0.6) is 11.5 Å². The Morgan fingerprint density at radius 2 is 1.73 bits per heavy atom. The van der Waals surface area contributed by atoms with Gasteiger partial charge >= 0.3 is 0 Å². The van der Waals surface area contributed by atoms with Gasteiger partial charge in [0.1, 0.15) is 17.3 Å². The van der Waals surface area contributed by atoms with Crippen molar-refractivity contribution in [1.82, 2.24) is 4.98 Å². The van der Waals surface area contributed by atoms with Crippen molar-refractivity contribution >= 4 is 21.3 Å². The van der Waals surface area contributed by atoms with E-state index in [2.05, 4.69) is 10.3 Å². The van der Waals surface area contributed by atoms with E-state index in [4.69, 9.17) is 4.74 Å². The third-order valence-electron chi connectivity index (χ3n) is 3.79. The maximum Gasteiger partial charge on any atom is 0.182 e. The molecule has 0 fully saturated rings. The van der Waals surface area contributed by atoms with Gasteiger partial charge < -0.3 is 15.2 Å². The van der Waals surface area contributed by atoms with Crippen LogP contribution >= 0.6 is 0 Å². The average molecular weight is 370 g/mol. The van der Waals surface area contributed by atoms with E-state index in [1.165, 1.54) is 19.2 Å². The second-order valence-corrected chi connectivity index (χ2v) is 7.61. The molecule has 26 heavy (non-hydrogen) atoms. The lowest BCUT2D eigenvalue weighted by atomic mass is 10.2. The molecule has 2 N–H and O–H groups in total. The summed E-state index contributed by atoms with van der Waals surface area (Å²) in [5.74, 6) is 1.02. The molecule has 3 rings (SSSR count). The van der Waals surface area contributed by atoms with Crippen molar-refractivity contribution in [3.8, 4) is 11.5 Å². The van der Waals surface area contributed by atoms with Gasteiger partial charge in [0.15, 0.2) is 9.84 Å². The minimum atomic E-state index is -3.54. The van der Waals surface area contributed by atoms with E-state index in [-0.39, 0.29) is 16.4 Å². The molecular formula is C19H18N2O4S. The predicted molar refractivity (Wildman–Crippen MR) is 99.5 cm³/mol. The van der Waals surface area contributed by atoms with Gasteiger partial charge in [-0.05, 0) is 54.6 Å². The van der Waals surface area contributed by atoms with E-state index in [1.54, 1.807) is 54.7 Å². The van der Waals surface area contributed by atoms with Crippen LogP contribution in [0.2, 0.25) is 0 Å². The van der Waals surface area contributed by atoms with Crippen LogP contribution in [0.25, 0.3) is 0 Å². The molecule has 0 spiro atoms. The van der Waals surface area contributed by atoms with Crippen LogP contribution in [0.1, 0.15) is 5.56 Å². The van der Waals surface area contributed by atoms with Crippen LogP contribution in [0, 0.1) is 0 Å². The highest BCUT2D eigenvalue weighted by Crippen LogP contribution is 2.25. The first-order valence-electron chi connectivity index (χ1n) is 7.85. The quantitative estimate of drug-likeness (QED) is 0.646. The van der Waals surface area contributed by atoms with E-state index in [0.29, 0.717) is 22.8 Å². The molecule has 0 saturated carbocycles. The molecule has 1 aromatic heterocycles. The first kappa shape index (κ1) is 17.8. The molecule has 6 nitrogen and oxygen atoms in total. The number of anilines is 2. The number of pyridine rings is 1. The molecule has 2 aromatic carbocycles. The summed E-state index contributed by atoms with van der Waals surface area (Å²) in [4.78, 5) is 4.46. The van der Waals surface area contributed by atoms with Crippen molar-refractivity contribution in [2.75, 3.05) is 12.4 Å². The molecule has 1 heterocycles. The first-order chi connectivity index (χ1) is 12.5. The summed E-state index contributed by atoms with van der Waals surface area (Å²) in [5.41, 5.74) is 1.25. The van der Waals surface area contributed by atoms with E-state index in [9.17, 15) is 13.5 Å². The van der Waals surface area contributed by atoms with Crippen molar-refractivity contribution in [1.29, 1.82) is 0 Å². The lowest BCUT2D eigenvalue weighted by Gasteiger charge is -2.12. The number of nitrogens with zero attached hydrogens (tertiary/aromatic N) is 1. The van der Waals surface area contributed by atoms with Gasteiger partial charge in [0, 0.05) is 17.4 Å². The lowest BCUT2D eigenvalue weighted by Crippen LogP contribution is -2.08. The Hall–Kier alpha value is -3.06. The van der Waals surface area contributed by atoms with Gasteiger partial charge in [0.05, 0.1) is 17.8 Å². The number of sulfone groups is 1. The maximum absolute atomic E-state index is 12.7. The summed E-state index contributed by atoms with van der Waals surface area (Å²) < 4.78 is 30.5. The molecule has 7 heteroatoms. The van der Waals surface area contributed by atoms with Gasteiger partial charge in [-0.1, -0.05) is 6.07 Å². The standard InChI is InChI=1S/C19H18N2O4S/c1-25-17-8-10-18(11-9-17)26(23,24)13-14-3-2-12-20-19(14)21-15-4-6-16(22)7-5-15/h2-12,22H,13H2,1H3,(H,20,21). The fourth-order valence-electron chi connectivity index (χ4n) is 2.42. The van der Waals surface area contributed by atoms with Crippen molar-refractivity contribution in [3.05, 3.63) is 72.4 Å². The minimum absolute atomic E-state index is 0.152. The summed E-state index contributed by atoms with van der Waals surface area (Å²) >= 11 is 0. The molecule has 3 aromatic rings. The number of benzene rings is 2. The smallest absolute Gasteiger partial charge is 0.182 e. The molecule has 0 bridgehead atoms. The predicted octanol–water partition coefficient (Wildman–Crippen LogP) is 3.51. The van der Waals surface area contributed by atoms with Gasteiger partial charge in [-0.25, -0.2) is 13.4 Å².